The molecule has 7 rings (SSSR count). The number of unbranched alkanes of at least 4 members (excludes halogenated alkanes) is 2. The summed E-state index contributed by atoms with van der Waals surface area (Å²) in [6.45, 7) is 5.80. The Labute approximate surface area is 431 Å². The lowest BCUT2D eigenvalue weighted by atomic mass is 10.0. The molecule has 5 heterocycles. The number of urea groups is 1. The molecule has 0 fully saturated rings. The number of aromatic nitrogens is 6. The number of amides is 8. The zero-order chi connectivity index (χ0) is 52.7. The average molecular weight is 1030 g/mol. The van der Waals surface area contributed by atoms with E-state index in [1.165, 1.54) is 23.4 Å². The number of nitrogens with two attached hydrogens (primary N) is 1. The van der Waals surface area contributed by atoms with E-state index in [0.717, 1.165) is 16.2 Å². The topological polar surface area (TPSA) is 281 Å². The van der Waals surface area contributed by atoms with Gasteiger partial charge in [0.05, 0.1) is 30.2 Å². The number of ether oxygens (including phenoxy) is 1. The zero-order valence-corrected chi connectivity index (χ0v) is 41.9. The number of imidazole rings is 1. The van der Waals surface area contributed by atoms with Crippen LogP contribution in [0, 0.1) is 12.8 Å². The number of hydrogen-bond acceptors (Lipinski definition) is 12. The molecule has 2 atom stereocenters. The number of aryl methyl sites for hydroxylation is 1. The zero-order valence-electron chi connectivity index (χ0n) is 41.2. The first-order chi connectivity index (χ1) is 35.6. The average Bonchev–Trinajstić information content (AvgIpc) is 4.12. The van der Waals surface area contributed by atoms with Gasteiger partial charge in [-0.1, -0.05) is 68.3 Å². The molecule has 0 saturated heterocycles. The SMILES string of the molecule is Cc1cccc(-c2[nH]c(CN(Cc3ccccc3Cl)C(=O)OCc3ccc(NC(=O)C(CCCNC(N)=O)NC(=O)C(NC(=O)CCCCCN4C(=O)C=CC4=O)C(C)C)cc3)nc2-c2ccc3ncnn3c2)n1. The second-order valence-corrected chi connectivity index (χ2v) is 18.4. The van der Waals surface area contributed by atoms with Crippen LogP contribution in [0.4, 0.5) is 15.3 Å². The lowest BCUT2D eigenvalue weighted by Gasteiger charge is -2.25. The molecule has 74 heavy (non-hydrogen) atoms. The minimum Gasteiger partial charge on any atom is -0.445 e. The maximum atomic E-state index is 14.1. The van der Waals surface area contributed by atoms with Crippen LogP contribution >= 0.6 is 11.6 Å². The summed E-state index contributed by atoms with van der Waals surface area (Å²) < 4.78 is 7.53. The van der Waals surface area contributed by atoms with Gasteiger partial charge in [0, 0.05) is 59.8 Å². The van der Waals surface area contributed by atoms with Gasteiger partial charge in [-0.2, -0.15) is 5.10 Å². The van der Waals surface area contributed by atoms with E-state index < -0.39 is 36.0 Å². The Hall–Kier alpha value is -8.46. The molecule has 7 N–H and O–H groups in total. The first kappa shape index (κ1) is 53.3. The Bertz CT molecular complexity index is 3010. The number of nitrogens with one attached hydrogen (secondary N) is 5. The molecular weight excluding hydrogens is 970 g/mol. The number of hydrogen-bond donors (Lipinski definition) is 6. The molecule has 2 unspecified atom stereocenters. The van der Waals surface area contributed by atoms with Crippen molar-refractivity contribution in [1.82, 2.24) is 55.3 Å². The molecule has 6 aromatic rings. The number of carbonyl (C=O) groups is 7. The molecule has 8 amide bonds. The number of aromatic amines is 1. The van der Waals surface area contributed by atoms with Crippen molar-refractivity contribution in [3.05, 3.63) is 131 Å². The molecule has 0 bridgehead atoms. The molecule has 4 aromatic heterocycles. The van der Waals surface area contributed by atoms with Gasteiger partial charge in [-0.25, -0.2) is 24.1 Å². The number of halogens is 1. The highest BCUT2D eigenvalue weighted by Gasteiger charge is 2.30. The Morgan fingerprint density at radius 2 is 1.62 bits per heavy atom. The maximum absolute atomic E-state index is 14.1. The van der Waals surface area contributed by atoms with E-state index >= 15 is 0 Å². The fourth-order valence-electron chi connectivity index (χ4n) is 8.09. The molecule has 1 aliphatic heterocycles. The Kier molecular flexibility index (Phi) is 18.2. The number of benzene rings is 2. The third kappa shape index (κ3) is 14.6. The highest BCUT2D eigenvalue weighted by molar-refractivity contribution is 6.31. The van der Waals surface area contributed by atoms with Gasteiger partial charge in [-0.3, -0.25) is 38.8 Å². The van der Waals surface area contributed by atoms with E-state index in [0.29, 0.717) is 69.7 Å². The van der Waals surface area contributed by atoms with Crippen LogP contribution in [0.3, 0.4) is 0 Å². The van der Waals surface area contributed by atoms with E-state index in [1.54, 1.807) is 54.8 Å². The summed E-state index contributed by atoms with van der Waals surface area (Å²) in [5, 5.41) is 15.6. The van der Waals surface area contributed by atoms with Gasteiger partial charge < -0.3 is 36.7 Å². The maximum Gasteiger partial charge on any atom is 0.410 e. The van der Waals surface area contributed by atoms with Crippen LogP contribution in [0.2, 0.25) is 5.02 Å². The van der Waals surface area contributed by atoms with E-state index in [-0.39, 0.29) is 75.7 Å². The Morgan fingerprint density at radius 3 is 2.35 bits per heavy atom. The summed E-state index contributed by atoms with van der Waals surface area (Å²) >= 11 is 6.59. The Morgan fingerprint density at radius 1 is 0.851 bits per heavy atom. The lowest BCUT2D eigenvalue weighted by molar-refractivity contribution is -0.137. The van der Waals surface area contributed by atoms with Crippen LogP contribution in [-0.2, 0) is 48.4 Å². The van der Waals surface area contributed by atoms with Crippen molar-refractivity contribution in [2.75, 3.05) is 18.4 Å². The van der Waals surface area contributed by atoms with Gasteiger partial charge >= 0.3 is 12.1 Å². The number of carbonyl (C=O) groups excluding carboxylic acids is 7. The van der Waals surface area contributed by atoms with Crippen LogP contribution in [0.5, 0.6) is 0 Å². The van der Waals surface area contributed by atoms with Gasteiger partial charge in [-0.15, -0.1) is 0 Å². The van der Waals surface area contributed by atoms with Gasteiger partial charge in [0.2, 0.25) is 17.7 Å². The molecule has 0 spiro atoms. The number of primary amides is 1. The van der Waals surface area contributed by atoms with Gasteiger partial charge in [0.25, 0.3) is 11.8 Å². The molecule has 2 aromatic carbocycles. The second-order valence-electron chi connectivity index (χ2n) is 18.0. The molecule has 21 nitrogen and oxygen atoms in total. The summed E-state index contributed by atoms with van der Waals surface area (Å²) in [6, 6.07) is 20.5. The van der Waals surface area contributed by atoms with Gasteiger partial charge in [-0.05, 0) is 92.1 Å². The number of fused-ring (bicyclic) bond motifs is 1. The molecule has 0 saturated carbocycles. The molecule has 22 heteroatoms. The number of H-pyrrole nitrogens is 1. The number of rotatable bonds is 24. The van der Waals surface area contributed by atoms with Crippen molar-refractivity contribution in [3.63, 3.8) is 0 Å². The van der Waals surface area contributed by atoms with E-state index in [2.05, 4.69) is 36.3 Å². The summed E-state index contributed by atoms with van der Waals surface area (Å²) in [6.07, 6.45) is 7.18. The second kappa shape index (κ2) is 25.3. The normalized spacial score (nSPS) is 13.0. The van der Waals surface area contributed by atoms with Gasteiger partial charge in [0.15, 0.2) is 5.65 Å². The predicted molar refractivity (Wildman–Crippen MR) is 274 cm³/mol. The van der Waals surface area contributed by atoms with Crippen LogP contribution < -0.4 is 27.0 Å². The molecule has 1 aliphatic rings. The highest BCUT2D eigenvalue weighted by atomic mass is 35.5. The van der Waals surface area contributed by atoms with Crippen LogP contribution in [0.15, 0.2) is 104 Å². The number of nitrogens with zero attached hydrogens (tertiary/aromatic N) is 7. The van der Waals surface area contributed by atoms with Crippen molar-refractivity contribution in [1.29, 1.82) is 0 Å². The fourth-order valence-corrected chi connectivity index (χ4v) is 8.29. The summed E-state index contributed by atoms with van der Waals surface area (Å²) in [5.41, 5.74) is 11.0. The van der Waals surface area contributed by atoms with E-state index in [4.69, 9.17) is 32.0 Å². The van der Waals surface area contributed by atoms with E-state index in [9.17, 15) is 33.6 Å². The quantitative estimate of drug-likeness (QED) is 0.0302. The minimum atomic E-state index is -1.07. The van der Waals surface area contributed by atoms with Crippen molar-refractivity contribution >= 4 is 64.6 Å². The predicted octanol–water partition coefficient (Wildman–Crippen LogP) is 5.98. The van der Waals surface area contributed by atoms with Gasteiger partial charge in [0.1, 0.15) is 30.8 Å². The fraction of sp³-hybridized carbons (Fsp3) is 0.327. The third-order valence-electron chi connectivity index (χ3n) is 12.0. The minimum absolute atomic E-state index is 0.00705. The van der Waals surface area contributed by atoms with Crippen LogP contribution in [0.1, 0.15) is 75.0 Å². The smallest absolute Gasteiger partial charge is 0.410 e. The summed E-state index contributed by atoms with van der Waals surface area (Å²) in [4.78, 5) is 109. The first-order valence-electron chi connectivity index (χ1n) is 24.2. The van der Waals surface area contributed by atoms with Crippen molar-refractivity contribution in [2.24, 2.45) is 11.7 Å². The number of imide groups is 1. The monoisotopic (exact) mass is 1030 g/mol. The van der Waals surface area contributed by atoms with Crippen molar-refractivity contribution in [2.45, 2.75) is 91.1 Å². The van der Waals surface area contributed by atoms with Crippen molar-refractivity contribution in [3.8, 4) is 22.6 Å². The van der Waals surface area contributed by atoms with E-state index in [1.807, 2.05) is 55.6 Å². The largest absolute Gasteiger partial charge is 0.445 e. The van der Waals surface area contributed by atoms with Crippen LogP contribution in [-0.4, -0.2) is 106 Å². The molecular formula is C52H58ClN13O8. The standard InChI is InChI=1S/C52H58ClN13O8/c1-32(2)46(63-43(67)16-5-4-8-26-65-44(68)23-24-45(65)69)50(71)60-40(15-10-25-55-51(54)72)49(70)59-37-20-17-34(18-21-37)30-74-52(73)64(27-35-12-6-7-13-38(35)53)29-41-61-47(36-19-22-42-56-31-57-66(42)28-36)48(62-41)39-14-9-11-33(3)58-39/h6-7,9,11-14,17-24,28,31-32,40,46H,4-5,8,10,15-16,25-27,29-30H2,1-3H3,(H,59,70)(H,60,71)(H,61,62)(H,63,67)(H3,54,55,72). The number of pyridine rings is 2. The molecule has 0 aliphatic carbocycles. The summed E-state index contributed by atoms with van der Waals surface area (Å²) in [5.74, 6) is -2.09. The highest BCUT2D eigenvalue weighted by Crippen LogP contribution is 2.30. The molecule has 0 radical (unpaired) electrons. The van der Waals surface area contributed by atoms with Crippen LogP contribution in [0.25, 0.3) is 28.3 Å². The summed E-state index contributed by atoms with van der Waals surface area (Å²) in [7, 11) is 0. The third-order valence-corrected chi connectivity index (χ3v) is 12.4. The molecule has 386 valence electrons. The van der Waals surface area contributed by atoms with Crippen molar-refractivity contribution < 1.29 is 38.3 Å². The number of anilines is 1. The first-order valence-corrected chi connectivity index (χ1v) is 24.5. The lowest BCUT2D eigenvalue weighted by Crippen LogP contribution is -2.54. The Balaban J connectivity index is 0.987.